The van der Waals surface area contributed by atoms with Gasteiger partial charge in [0.1, 0.15) is 0 Å². The lowest BCUT2D eigenvalue weighted by molar-refractivity contribution is -0.385. The number of rotatable bonds is 5. The van der Waals surface area contributed by atoms with Crippen LogP contribution in [0.15, 0.2) is 47.4 Å². The molecule has 0 aliphatic rings. The highest BCUT2D eigenvalue weighted by molar-refractivity contribution is 7.92. The third kappa shape index (κ3) is 3.61. The quantitative estimate of drug-likeness (QED) is 0.658. The van der Waals surface area contributed by atoms with Crippen LogP contribution in [0.1, 0.15) is 5.56 Å². The number of nitro groups is 2. The Bertz CT molecular complexity index is 894. The Morgan fingerprint density at radius 2 is 1.57 bits per heavy atom. The Morgan fingerprint density at radius 1 is 0.957 bits per heavy atom. The van der Waals surface area contributed by atoms with E-state index in [-0.39, 0.29) is 22.0 Å². The molecule has 0 unspecified atom stereocenters. The number of hydrogen-bond acceptors (Lipinski definition) is 6. The molecule has 9 nitrogen and oxygen atoms in total. The Kier molecular flexibility index (Phi) is 4.27. The minimum absolute atomic E-state index is 0.155. The average Bonchev–Trinajstić information content (AvgIpc) is 2.49. The zero-order valence-corrected chi connectivity index (χ0v) is 12.6. The van der Waals surface area contributed by atoms with Crippen LogP contribution < -0.4 is 4.72 Å². The van der Waals surface area contributed by atoms with Crippen LogP contribution in [0.4, 0.5) is 17.1 Å². The van der Waals surface area contributed by atoms with Gasteiger partial charge in [-0.3, -0.25) is 25.0 Å². The molecule has 0 spiro atoms. The van der Waals surface area contributed by atoms with Crippen molar-refractivity contribution in [1.29, 1.82) is 0 Å². The maximum atomic E-state index is 12.3. The van der Waals surface area contributed by atoms with Crippen LogP contribution in [0.5, 0.6) is 0 Å². The Hall–Kier alpha value is -3.01. The summed E-state index contributed by atoms with van der Waals surface area (Å²) >= 11 is 0. The molecule has 0 heterocycles. The predicted molar refractivity (Wildman–Crippen MR) is 81.7 cm³/mol. The first-order valence-corrected chi connectivity index (χ1v) is 7.71. The van der Waals surface area contributed by atoms with Crippen molar-refractivity contribution in [2.45, 2.75) is 11.8 Å². The van der Waals surface area contributed by atoms with Gasteiger partial charge in [-0.15, -0.1) is 0 Å². The van der Waals surface area contributed by atoms with E-state index in [1.807, 2.05) is 0 Å². The number of nitro benzene ring substituents is 2. The number of hydrogen-bond donors (Lipinski definition) is 1. The molecule has 2 rings (SSSR count). The third-order valence-corrected chi connectivity index (χ3v) is 4.37. The van der Waals surface area contributed by atoms with Gasteiger partial charge in [-0.05, 0) is 24.6 Å². The molecule has 0 radical (unpaired) electrons. The minimum Gasteiger partial charge on any atom is -0.279 e. The van der Waals surface area contributed by atoms with Gasteiger partial charge in [0, 0.05) is 24.3 Å². The largest absolute Gasteiger partial charge is 0.279 e. The summed E-state index contributed by atoms with van der Waals surface area (Å²) in [6.45, 7) is 1.51. The van der Waals surface area contributed by atoms with E-state index >= 15 is 0 Å². The van der Waals surface area contributed by atoms with Crippen molar-refractivity contribution in [3.8, 4) is 0 Å². The van der Waals surface area contributed by atoms with Crippen molar-refractivity contribution >= 4 is 27.1 Å². The second-order valence-corrected chi connectivity index (χ2v) is 6.30. The lowest BCUT2D eigenvalue weighted by atomic mass is 10.2. The molecule has 10 heteroatoms. The van der Waals surface area contributed by atoms with Gasteiger partial charge < -0.3 is 0 Å². The standard InChI is InChI=1S/C13H11N3O6S/c1-9-7-11(16(19)20)5-6-13(9)14-23(21,22)12-4-2-3-10(8-12)15(17)18/h2-8,14H,1H3. The number of sulfonamides is 1. The Labute approximate surface area is 130 Å². The summed E-state index contributed by atoms with van der Waals surface area (Å²) in [5, 5.41) is 21.4. The predicted octanol–water partition coefficient (Wildman–Crippen LogP) is 2.61. The summed E-state index contributed by atoms with van der Waals surface area (Å²) in [4.78, 5) is 19.8. The van der Waals surface area contributed by atoms with Crippen LogP contribution in [0.3, 0.4) is 0 Å². The van der Waals surface area contributed by atoms with E-state index in [0.717, 1.165) is 12.1 Å². The van der Waals surface area contributed by atoms with Gasteiger partial charge in [-0.1, -0.05) is 6.07 Å². The first kappa shape index (κ1) is 16.4. The van der Waals surface area contributed by atoms with Crippen molar-refractivity contribution in [1.82, 2.24) is 0 Å². The molecule has 0 amide bonds. The number of nitrogens with zero attached hydrogens (tertiary/aromatic N) is 2. The maximum absolute atomic E-state index is 12.3. The molecule has 0 atom stereocenters. The Balaban J connectivity index is 2.37. The van der Waals surface area contributed by atoms with Gasteiger partial charge in [-0.25, -0.2) is 8.42 Å². The van der Waals surface area contributed by atoms with Crippen LogP contribution in [-0.4, -0.2) is 18.3 Å². The van der Waals surface area contributed by atoms with Crippen molar-refractivity contribution in [2.24, 2.45) is 0 Å². The molecule has 2 aromatic rings. The average molecular weight is 337 g/mol. The van der Waals surface area contributed by atoms with Crippen molar-refractivity contribution in [3.63, 3.8) is 0 Å². The molecule has 0 bridgehead atoms. The molecular weight excluding hydrogens is 326 g/mol. The molecule has 1 N–H and O–H groups in total. The SMILES string of the molecule is Cc1cc([N+](=O)[O-])ccc1NS(=O)(=O)c1cccc([N+](=O)[O-])c1. The van der Waals surface area contributed by atoms with E-state index in [0.29, 0.717) is 5.56 Å². The summed E-state index contributed by atoms with van der Waals surface area (Å²) in [5.41, 5.74) is -0.00981. The molecule has 120 valence electrons. The Morgan fingerprint density at radius 3 is 2.13 bits per heavy atom. The van der Waals surface area contributed by atoms with E-state index in [1.54, 1.807) is 0 Å². The number of aryl methyl sites for hydroxylation is 1. The van der Waals surface area contributed by atoms with Gasteiger partial charge in [0.2, 0.25) is 0 Å². The normalized spacial score (nSPS) is 11.0. The summed E-state index contributed by atoms with van der Waals surface area (Å²) in [6, 6.07) is 8.25. The molecule has 0 fully saturated rings. The lowest BCUT2D eigenvalue weighted by Gasteiger charge is -2.10. The fourth-order valence-corrected chi connectivity index (χ4v) is 3.01. The van der Waals surface area contributed by atoms with Crippen LogP contribution in [0.25, 0.3) is 0 Å². The molecule has 0 saturated carbocycles. The molecule has 23 heavy (non-hydrogen) atoms. The third-order valence-electron chi connectivity index (χ3n) is 3.00. The zero-order chi connectivity index (χ0) is 17.2. The molecule has 0 aliphatic carbocycles. The molecule has 2 aromatic carbocycles. The lowest BCUT2D eigenvalue weighted by Crippen LogP contribution is -2.14. The highest BCUT2D eigenvalue weighted by Crippen LogP contribution is 2.25. The zero-order valence-electron chi connectivity index (χ0n) is 11.8. The molecule has 0 aliphatic heterocycles. The van der Waals surface area contributed by atoms with Gasteiger partial charge in [-0.2, -0.15) is 0 Å². The fraction of sp³-hybridized carbons (Fsp3) is 0.0769. The maximum Gasteiger partial charge on any atom is 0.270 e. The number of non-ortho nitro benzene ring substituents is 2. The summed E-state index contributed by atoms with van der Waals surface area (Å²) in [6.07, 6.45) is 0. The first-order valence-electron chi connectivity index (χ1n) is 6.23. The number of benzene rings is 2. The summed E-state index contributed by atoms with van der Waals surface area (Å²) < 4.78 is 26.8. The topological polar surface area (TPSA) is 132 Å². The second-order valence-electron chi connectivity index (χ2n) is 4.62. The van der Waals surface area contributed by atoms with Crippen molar-refractivity contribution in [2.75, 3.05) is 4.72 Å². The summed E-state index contributed by atoms with van der Waals surface area (Å²) in [5.74, 6) is 0. The molecule has 0 saturated heterocycles. The number of anilines is 1. The highest BCUT2D eigenvalue weighted by atomic mass is 32.2. The van der Waals surface area contributed by atoms with Gasteiger partial charge >= 0.3 is 0 Å². The van der Waals surface area contributed by atoms with E-state index < -0.39 is 19.9 Å². The van der Waals surface area contributed by atoms with E-state index in [2.05, 4.69) is 4.72 Å². The van der Waals surface area contributed by atoms with Gasteiger partial charge in [0.25, 0.3) is 21.4 Å². The van der Waals surface area contributed by atoms with Crippen LogP contribution >= 0.6 is 0 Å². The van der Waals surface area contributed by atoms with E-state index in [9.17, 15) is 28.6 Å². The number of nitrogens with one attached hydrogen (secondary N) is 1. The van der Waals surface area contributed by atoms with Crippen molar-refractivity contribution in [3.05, 3.63) is 68.3 Å². The highest BCUT2D eigenvalue weighted by Gasteiger charge is 2.19. The van der Waals surface area contributed by atoms with Gasteiger partial charge in [0.15, 0.2) is 0 Å². The van der Waals surface area contributed by atoms with Crippen molar-refractivity contribution < 1.29 is 18.3 Å². The second kappa shape index (κ2) is 6.01. The van der Waals surface area contributed by atoms with Crippen LogP contribution in [0.2, 0.25) is 0 Å². The summed E-state index contributed by atoms with van der Waals surface area (Å²) in [7, 11) is -4.05. The minimum atomic E-state index is -4.05. The van der Waals surface area contributed by atoms with Crippen LogP contribution in [-0.2, 0) is 10.0 Å². The van der Waals surface area contributed by atoms with Gasteiger partial charge in [0.05, 0.1) is 20.4 Å². The van der Waals surface area contributed by atoms with E-state index in [1.165, 1.54) is 37.3 Å². The smallest absolute Gasteiger partial charge is 0.270 e. The molecular formula is C13H11N3O6S. The van der Waals surface area contributed by atoms with Crippen LogP contribution in [0, 0.1) is 27.2 Å². The first-order chi connectivity index (χ1) is 10.7. The fourth-order valence-electron chi connectivity index (χ4n) is 1.84. The monoisotopic (exact) mass is 337 g/mol. The molecule has 0 aromatic heterocycles. The van der Waals surface area contributed by atoms with E-state index in [4.69, 9.17) is 0 Å².